The Labute approximate surface area is 115 Å². The Bertz CT molecular complexity index is 464. The van der Waals surface area contributed by atoms with Crippen LogP contribution in [0.3, 0.4) is 0 Å². The van der Waals surface area contributed by atoms with Crippen LogP contribution in [0.4, 0.5) is 14.5 Å². The Morgan fingerprint density at radius 1 is 1.35 bits per heavy atom. The van der Waals surface area contributed by atoms with E-state index >= 15 is 0 Å². The Morgan fingerprint density at radius 3 is 2.60 bits per heavy atom. The summed E-state index contributed by atoms with van der Waals surface area (Å²) in [6.45, 7) is 1.12. The van der Waals surface area contributed by atoms with Gasteiger partial charge in [0.1, 0.15) is 17.3 Å². The molecule has 2 N–H and O–H groups in total. The molecule has 1 aromatic carbocycles. The van der Waals surface area contributed by atoms with Crippen molar-refractivity contribution < 1.29 is 23.4 Å². The van der Waals surface area contributed by atoms with Gasteiger partial charge >= 0.3 is 5.97 Å². The third-order valence-electron chi connectivity index (χ3n) is 3.33. The summed E-state index contributed by atoms with van der Waals surface area (Å²) in [5.74, 6) is -3.15. The van der Waals surface area contributed by atoms with E-state index in [1.807, 2.05) is 0 Å². The topological polar surface area (TPSA) is 58.6 Å². The molecule has 1 aliphatic rings. The van der Waals surface area contributed by atoms with E-state index in [1.165, 1.54) is 0 Å². The molecule has 0 spiro atoms. The highest BCUT2D eigenvalue weighted by Gasteiger charge is 2.16. The van der Waals surface area contributed by atoms with Crippen LogP contribution in [0.1, 0.15) is 36.0 Å². The van der Waals surface area contributed by atoms with Crippen molar-refractivity contribution in [3.63, 3.8) is 0 Å². The maximum Gasteiger partial charge on any atom is 0.335 e. The van der Waals surface area contributed by atoms with Crippen molar-refractivity contribution in [3.05, 3.63) is 29.3 Å². The number of hydrogen-bond acceptors (Lipinski definition) is 3. The van der Waals surface area contributed by atoms with Crippen molar-refractivity contribution >= 4 is 11.7 Å². The van der Waals surface area contributed by atoms with Crippen molar-refractivity contribution in [2.75, 3.05) is 18.5 Å². The summed E-state index contributed by atoms with van der Waals surface area (Å²) in [5.41, 5.74) is -0.688. The van der Waals surface area contributed by atoms with Crippen molar-refractivity contribution in [2.45, 2.75) is 31.8 Å². The summed E-state index contributed by atoms with van der Waals surface area (Å²) in [6, 6.07) is 1.62. The molecular formula is C14H17F2NO3. The molecule has 0 aromatic heterocycles. The Morgan fingerprint density at radius 2 is 2.05 bits per heavy atom. The normalized spacial score (nSPS) is 18.8. The summed E-state index contributed by atoms with van der Waals surface area (Å²) in [4.78, 5) is 10.7. The predicted molar refractivity (Wildman–Crippen MR) is 70.0 cm³/mol. The molecule has 1 atom stereocenters. The molecule has 6 heteroatoms. The number of carboxylic acids is 1. The van der Waals surface area contributed by atoms with Crippen LogP contribution in [0.5, 0.6) is 0 Å². The van der Waals surface area contributed by atoms with Crippen molar-refractivity contribution in [2.24, 2.45) is 0 Å². The molecule has 1 aromatic rings. The largest absolute Gasteiger partial charge is 0.478 e. The van der Waals surface area contributed by atoms with Crippen LogP contribution in [-0.4, -0.2) is 30.3 Å². The van der Waals surface area contributed by atoms with E-state index < -0.39 is 23.2 Å². The van der Waals surface area contributed by atoms with E-state index in [1.54, 1.807) is 0 Å². The van der Waals surface area contributed by atoms with Gasteiger partial charge in [0.05, 0.1) is 11.7 Å². The van der Waals surface area contributed by atoms with Gasteiger partial charge in [0.25, 0.3) is 0 Å². The number of ether oxygens (including phenoxy) is 1. The number of rotatable bonds is 5. The van der Waals surface area contributed by atoms with Gasteiger partial charge in [-0.1, -0.05) is 0 Å². The van der Waals surface area contributed by atoms with Gasteiger partial charge in [-0.3, -0.25) is 0 Å². The maximum absolute atomic E-state index is 13.6. The quantitative estimate of drug-likeness (QED) is 0.873. The van der Waals surface area contributed by atoms with Gasteiger partial charge in [0.15, 0.2) is 0 Å². The first-order chi connectivity index (χ1) is 9.58. The van der Waals surface area contributed by atoms with Gasteiger partial charge in [0.2, 0.25) is 0 Å². The number of benzene rings is 1. The average Bonchev–Trinajstić information content (AvgIpc) is 2.42. The van der Waals surface area contributed by atoms with Crippen LogP contribution < -0.4 is 5.32 Å². The highest BCUT2D eigenvalue weighted by molar-refractivity contribution is 5.88. The fourth-order valence-corrected chi connectivity index (χ4v) is 2.26. The van der Waals surface area contributed by atoms with Crippen LogP contribution in [0.2, 0.25) is 0 Å². The number of aromatic carboxylic acids is 1. The molecule has 0 bridgehead atoms. The summed E-state index contributed by atoms with van der Waals surface area (Å²) < 4.78 is 32.8. The lowest BCUT2D eigenvalue weighted by atomic mass is 10.1. The lowest BCUT2D eigenvalue weighted by Gasteiger charge is -2.22. The van der Waals surface area contributed by atoms with Gasteiger partial charge in [-0.25, -0.2) is 13.6 Å². The first-order valence-electron chi connectivity index (χ1n) is 6.65. The summed E-state index contributed by atoms with van der Waals surface area (Å²) in [7, 11) is 0. The third-order valence-corrected chi connectivity index (χ3v) is 3.33. The van der Waals surface area contributed by atoms with E-state index in [2.05, 4.69) is 5.32 Å². The zero-order valence-electron chi connectivity index (χ0n) is 11.0. The highest BCUT2D eigenvalue weighted by atomic mass is 19.1. The number of anilines is 1. The summed E-state index contributed by atoms with van der Waals surface area (Å²) >= 11 is 0. The first kappa shape index (κ1) is 14.7. The molecule has 1 saturated heterocycles. The second-order valence-corrected chi connectivity index (χ2v) is 4.82. The van der Waals surface area contributed by atoms with Gasteiger partial charge in [-0.05, 0) is 37.8 Å². The number of carboxylic acid groups (broad SMARTS) is 1. The molecule has 0 amide bonds. The first-order valence-corrected chi connectivity index (χ1v) is 6.65. The van der Waals surface area contributed by atoms with Crippen LogP contribution >= 0.6 is 0 Å². The minimum atomic E-state index is -1.36. The van der Waals surface area contributed by atoms with Crippen LogP contribution in [0, 0.1) is 11.6 Å². The van der Waals surface area contributed by atoms with E-state index in [0.717, 1.165) is 38.0 Å². The molecular weight excluding hydrogens is 268 g/mol. The van der Waals surface area contributed by atoms with E-state index in [-0.39, 0.29) is 11.8 Å². The maximum atomic E-state index is 13.6. The standard InChI is InChI=1S/C14H17F2NO3/c15-11-7-9(14(18)19)8-12(16)13(11)17-5-4-10-3-1-2-6-20-10/h7-8,10,17H,1-6H2,(H,18,19). The SMILES string of the molecule is O=C(O)c1cc(F)c(NCCC2CCCCO2)c(F)c1. The molecule has 0 radical (unpaired) electrons. The average molecular weight is 285 g/mol. The van der Waals surface area contributed by atoms with Crippen molar-refractivity contribution in [1.82, 2.24) is 0 Å². The van der Waals surface area contributed by atoms with E-state index in [9.17, 15) is 13.6 Å². The monoisotopic (exact) mass is 285 g/mol. The number of halogens is 2. The van der Waals surface area contributed by atoms with Gasteiger partial charge < -0.3 is 15.2 Å². The minimum absolute atomic E-state index is 0.126. The van der Waals surface area contributed by atoms with E-state index in [4.69, 9.17) is 9.84 Å². The van der Waals surface area contributed by atoms with Gasteiger partial charge in [0, 0.05) is 13.2 Å². The van der Waals surface area contributed by atoms with Crippen LogP contribution in [-0.2, 0) is 4.74 Å². The molecule has 0 aliphatic carbocycles. The lowest BCUT2D eigenvalue weighted by Crippen LogP contribution is -2.22. The predicted octanol–water partition coefficient (Wildman–Crippen LogP) is 3.03. The molecule has 1 aliphatic heterocycles. The fraction of sp³-hybridized carbons (Fsp3) is 0.500. The smallest absolute Gasteiger partial charge is 0.335 e. The molecule has 20 heavy (non-hydrogen) atoms. The molecule has 4 nitrogen and oxygen atoms in total. The number of nitrogens with one attached hydrogen (secondary N) is 1. The van der Waals surface area contributed by atoms with Crippen molar-refractivity contribution in [1.29, 1.82) is 0 Å². The third kappa shape index (κ3) is 3.66. The Balaban J connectivity index is 1.93. The highest BCUT2D eigenvalue weighted by Crippen LogP contribution is 2.22. The fourth-order valence-electron chi connectivity index (χ4n) is 2.26. The van der Waals surface area contributed by atoms with E-state index in [0.29, 0.717) is 13.0 Å². The van der Waals surface area contributed by atoms with Crippen LogP contribution in [0.15, 0.2) is 12.1 Å². The molecule has 2 rings (SSSR count). The molecule has 1 unspecified atom stereocenters. The van der Waals surface area contributed by atoms with Gasteiger partial charge in [-0.2, -0.15) is 0 Å². The lowest BCUT2D eigenvalue weighted by molar-refractivity contribution is 0.0134. The second-order valence-electron chi connectivity index (χ2n) is 4.82. The zero-order chi connectivity index (χ0) is 14.5. The summed E-state index contributed by atoms with van der Waals surface area (Å²) in [5, 5.41) is 11.4. The zero-order valence-corrected chi connectivity index (χ0v) is 11.0. The molecule has 1 fully saturated rings. The minimum Gasteiger partial charge on any atom is -0.478 e. The number of hydrogen-bond donors (Lipinski definition) is 2. The number of carbonyl (C=O) groups is 1. The second kappa shape index (κ2) is 6.65. The molecule has 110 valence electrons. The van der Waals surface area contributed by atoms with Crippen molar-refractivity contribution in [3.8, 4) is 0 Å². The molecule has 0 saturated carbocycles. The Hall–Kier alpha value is -1.69. The Kier molecular flexibility index (Phi) is 4.89. The van der Waals surface area contributed by atoms with Crippen LogP contribution in [0.25, 0.3) is 0 Å². The van der Waals surface area contributed by atoms with Gasteiger partial charge in [-0.15, -0.1) is 0 Å². The summed E-state index contributed by atoms with van der Waals surface area (Å²) in [6.07, 6.45) is 3.93. The molecule has 1 heterocycles.